The number of ketones is 1. The third-order valence-electron chi connectivity index (χ3n) is 5.60. The molecule has 1 unspecified atom stereocenters. The van der Waals surface area contributed by atoms with Gasteiger partial charge in [0.15, 0.2) is 11.9 Å². The molecule has 2 aromatic carbocycles. The fourth-order valence-corrected chi connectivity index (χ4v) is 3.86. The van der Waals surface area contributed by atoms with Gasteiger partial charge in [-0.25, -0.2) is 4.79 Å². The van der Waals surface area contributed by atoms with E-state index in [-0.39, 0.29) is 5.78 Å². The highest BCUT2D eigenvalue weighted by Gasteiger charge is 2.22. The van der Waals surface area contributed by atoms with Gasteiger partial charge in [-0.1, -0.05) is 12.1 Å². The minimum Gasteiger partial charge on any atom is -0.497 e. The Hall–Kier alpha value is -4.13. The summed E-state index contributed by atoms with van der Waals surface area (Å²) >= 11 is 0. The molecule has 0 fully saturated rings. The van der Waals surface area contributed by atoms with Crippen LogP contribution in [0, 0.1) is 6.92 Å². The third-order valence-corrected chi connectivity index (χ3v) is 5.60. The Labute approximate surface area is 191 Å². The van der Waals surface area contributed by atoms with Gasteiger partial charge in [-0.3, -0.25) is 9.78 Å². The molecule has 2 aromatic heterocycles. The number of carboxylic acid groups (broad SMARTS) is 1. The molecule has 1 atom stereocenters. The molecule has 0 aliphatic heterocycles. The van der Waals surface area contributed by atoms with Gasteiger partial charge in [-0.15, -0.1) is 0 Å². The van der Waals surface area contributed by atoms with Crippen molar-refractivity contribution in [3.05, 3.63) is 89.4 Å². The largest absolute Gasteiger partial charge is 0.497 e. The van der Waals surface area contributed by atoms with Crippen LogP contribution >= 0.6 is 0 Å². The summed E-state index contributed by atoms with van der Waals surface area (Å²) in [6.45, 7) is 3.90. The summed E-state index contributed by atoms with van der Waals surface area (Å²) in [6.07, 6.45) is 2.46. The van der Waals surface area contributed by atoms with Crippen molar-refractivity contribution in [3.63, 3.8) is 0 Å². The average molecular weight is 444 g/mol. The van der Waals surface area contributed by atoms with E-state index in [0.717, 1.165) is 22.2 Å². The summed E-state index contributed by atoms with van der Waals surface area (Å²) in [5.74, 6) is 0.0560. The van der Waals surface area contributed by atoms with Gasteiger partial charge in [0.25, 0.3) is 0 Å². The number of hydrogen-bond donors (Lipinski definition) is 1. The Morgan fingerprint density at radius 1 is 1.09 bits per heavy atom. The number of carbonyl (C=O) groups is 2. The van der Waals surface area contributed by atoms with E-state index in [1.54, 1.807) is 49.8 Å². The predicted octanol–water partition coefficient (Wildman–Crippen LogP) is 4.48. The molecule has 0 saturated carbocycles. The number of benzene rings is 2. The number of aromatic nitrogens is 2. The zero-order valence-electron chi connectivity index (χ0n) is 18.6. The van der Waals surface area contributed by atoms with Crippen molar-refractivity contribution in [2.24, 2.45) is 0 Å². The van der Waals surface area contributed by atoms with Gasteiger partial charge in [0, 0.05) is 35.6 Å². The quantitative estimate of drug-likeness (QED) is 0.403. The van der Waals surface area contributed by atoms with Crippen LogP contribution in [-0.2, 0) is 11.3 Å². The summed E-state index contributed by atoms with van der Waals surface area (Å²) in [5, 5.41) is 9.89. The first-order valence-electron chi connectivity index (χ1n) is 10.5. The molecule has 4 aromatic rings. The van der Waals surface area contributed by atoms with Crippen molar-refractivity contribution in [1.82, 2.24) is 9.55 Å². The van der Waals surface area contributed by atoms with Crippen LogP contribution in [-0.4, -0.2) is 39.6 Å². The summed E-state index contributed by atoms with van der Waals surface area (Å²) in [5.41, 5.74) is 3.81. The molecular formula is C26H24N2O5. The highest BCUT2D eigenvalue weighted by molar-refractivity contribution is 6.17. The second-order valence-electron chi connectivity index (χ2n) is 7.74. The van der Waals surface area contributed by atoms with E-state index < -0.39 is 12.1 Å². The van der Waals surface area contributed by atoms with Crippen molar-refractivity contribution in [3.8, 4) is 11.5 Å². The van der Waals surface area contributed by atoms with Crippen LogP contribution in [0.15, 0.2) is 67.0 Å². The van der Waals surface area contributed by atoms with E-state index in [0.29, 0.717) is 29.2 Å². The van der Waals surface area contributed by atoms with Crippen molar-refractivity contribution >= 4 is 22.7 Å². The zero-order chi connectivity index (χ0) is 23.5. The van der Waals surface area contributed by atoms with Crippen LogP contribution in [0.5, 0.6) is 11.5 Å². The molecule has 0 radical (unpaired) electrons. The molecule has 0 aliphatic carbocycles. The molecule has 1 N–H and O–H groups in total. The first-order valence-corrected chi connectivity index (χ1v) is 10.5. The maximum absolute atomic E-state index is 13.4. The first kappa shape index (κ1) is 22.1. The number of carboxylic acids is 1. The van der Waals surface area contributed by atoms with Gasteiger partial charge in [0.1, 0.15) is 11.5 Å². The smallest absolute Gasteiger partial charge is 0.344 e. The number of rotatable bonds is 8. The number of carbonyl (C=O) groups excluding carboxylic acids is 1. The highest BCUT2D eigenvalue weighted by Crippen LogP contribution is 2.29. The van der Waals surface area contributed by atoms with Gasteiger partial charge < -0.3 is 19.1 Å². The maximum atomic E-state index is 13.4. The van der Waals surface area contributed by atoms with Crippen LogP contribution < -0.4 is 9.47 Å². The molecule has 0 aliphatic rings. The number of pyridine rings is 1. The van der Waals surface area contributed by atoms with Gasteiger partial charge in [-0.2, -0.15) is 0 Å². The van der Waals surface area contributed by atoms with Gasteiger partial charge >= 0.3 is 5.97 Å². The van der Waals surface area contributed by atoms with E-state index in [4.69, 9.17) is 14.6 Å². The molecule has 33 heavy (non-hydrogen) atoms. The Morgan fingerprint density at radius 3 is 2.55 bits per heavy atom. The topological polar surface area (TPSA) is 90.7 Å². The number of aliphatic carboxylic acids is 1. The van der Waals surface area contributed by atoms with Crippen LogP contribution in [0.3, 0.4) is 0 Å². The van der Waals surface area contributed by atoms with E-state index >= 15 is 0 Å². The minimum atomic E-state index is -1.03. The highest BCUT2D eigenvalue weighted by atomic mass is 16.5. The van der Waals surface area contributed by atoms with Crippen molar-refractivity contribution < 1.29 is 24.2 Å². The average Bonchev–Trinajstić information content (AvgIpc) is 3.10. The number of fused-ring (bicyclic) bond motifs is 1. The Bertz CT molecular complexity index is 1320. The summed E-state index contributed by atoms with van der Waals surface area (Å²) < 4.78 is 12.8. The van der Waals surface area contributed by atoms with Crippen molar-refractivity contribution in [2.45, 2.75) is 26.5 Å². The molecule has 4 rings (SSSR count). The van der Waals surface area contributed by atoms with Crippen molar-refractivity contribution in [1.29, 1.82) is 0 Å². The predicted molar refractivity (Wildman–Crippen MR) is 124 cm³/mol. The van der Waals surface area contributed by atoms with Crippen molar-refractivity contribution in [2.75, 3.05) is 7.11 Å². The molecule has 0 saturated heterocycles. The molecule has 2 heterocycles. The SMILES string of the molecule is COc1ccc(C(=O)c2c(C)n(Cc3cccc(OC(C)C(=O)O)c3)c3ccncc23)cc1. The Morgan fingerprint density at radius 2 is 1.85 bits per heavy atom. The normalized spacial score (nSPS) is 11.8. The Kier molecular flexibility index (Phi) is 6.13. The van der Waals surface area contributed by atoms with Gasteiger partial charge in [0.05, 0.1) is 18.2 Å². The Balaban J connectivity index is 1.72. The summed E-state index contributed by atoms with van der Waals surface area (Å²) in [7, 11) is 1.59. The van der Waals surface area contributed by atoms with Crippen LogP contribution in [0.4, 0.5) is 0 Å². The summed E-state index contributed by atoms with van der Waals surface area (Å²) in [6, 6.07) is 16.2. The van der Waals surface area contributed by atoms with Gasteiger partial charge in [0.2, 0.25) is 0 Å². The molecule has 7 nitrogen and oxygen atoms in total. The first-order chi connectivity index (χ1) is 15.9. The molecule has 0 amide bonds. The van der Waals surface area contributed by atoms with E-state index in [1.165, 1.54) is 6.92 Å². The van der Waals surface area contributed by atoms with E-state index in [9.17, 15) is 9.59 Å². The monoisotopic (exact) mass is 444 g/mol. The minimum absolute atomic E-state index is 0.0840. The maximum Gasteiger partial charge on any atom is 0.344 e. The standard InChI is InChI=1S/C26H24N2O5/c1-16-24(25(29)19-7-9-20(32-3)10-8-19)22-14-27-12-11-23(22)28(16)15-18-5-4-6-21(13-18)33-17(2)26(30)31/h4-14,17H,15H2,1-3H3,(H,30,31). The third kappa shape index (κ3) is 4.43. The van der Waals surface area contributed by atoms with Gasteiger partial charge in [-0.05, 0) is 61.9 Å². The number of ether oxygens (including phenoxy) is 2. The lowest BCUT2D eigenvalue weighted by atomic mass is 10.0. The molecular weight excluding hydrogens is 420 g/mol. The lowest BCUT2D eigenvalue weighted by Gasteiger charge is -2.13. The lowest BCUT2D eigenvalue weighted by molar-refractivity contribution is -0.144. The number of methoxy groups -OCH3 is 1. The molecule has 0 bridgehead atoms. The fourth-order valence-electron chi connectivity index (χ4n) is 3.86. The van der Waals surface area contributed by atoms with Crippen LogP contribution in [0.2, 0.25) is 0 Å². The fraction of sp³-hybridized carbons (Fsp3) is 0.192. The molecule has 0 spiro atoms. The second kappa shape index (κ2) is 9.16. The number of nitrogens with zero attached hydrogens (tertiary/aromatic N) is 2. The lowest BCUT2D eigenvalue weighted by Crippen LogP contribution is -2.22. The number of hydrogen-bond acceptors (Lipinski definition) is 5. The van der Waals surface area contributed by atoms with E-state index in [1.807, 2.05) is 31.2 Å². The second-order valence-corrected chi connectivity index (χ2v) is 7.74. The van der Waals surface area contributed by atoms with E-state index in [2.05, 4.69) is 9.55 Å². The zero-order valence-corrected chi connectivity index (χ0v) is 18.6. The van der Waals surface area contributed by atoms with Crippen LogP contribution in [0.1, 0.15) is 34.1 Å². The molecule has 7 heteroatoms. The van der Waals surface area contributed by atoms with Crippen LogP contribution in [0.25, 0.3) is 10.9 Å². The summed E-state index contributed by atoms with van der Waals surface area (Å²) in [4.78, 5) is 28.8. The molecule has 168 valence electrons.